The molecule has 0 aromatic heterocycles. The molecule has 3 nitrogen and oxygen atoms in total. The van der Waals surface area contributed by atoms with E-state index >= 15 is 0 Å². The molecule has 0 fully saturated rings. The van der Waals surface area contributed by atoms with Crippen LogP contribution in [0.4, 0.5) is 0 Å². The lowest BCUT2D eigenvalue weighted by Crippen LogP contribution is -2.06. The van der Waals surface area contributed by atoms with E-state index in [1.54, 1.807) is 6.08 Å². The lowest BCUT2D eigenvalue weighted by Gasteiger charge is -2.26. The normalized spacial score (nSPS) is 13.2. The van der Waals surface area contributed by atoms with Gasteiger partial charge in [-0.25, -0.2) is 0 Å². The molecule has 4 heteroatoms. The van der Waals surface area contributed by atoms with Gasteiger partial charge in [0.15, 0.2) is 0 Å². The maximum atomic E-state index is 12.9. The third kappa shape index (κ3) is 4.31. The highest BCUT2D eigenvalue weighted by Gasteiger charge is 2.35. The fourth-order valence-corrected chi connectivity index (χ4v) is 4.07. The van der Waals surface area contributed by atoms with E-state index < -0.39 is 7.60 Å². The van der Waals surface area contributed by atoms with Crippen molar-refractivity contribution in [2.24, 2.45) is 0 Å². The Balaban J connectivity index is 3.12. The van der Waals surface area contributed by atoms with Gasteiger partial charge in [-0.05, 0) is 32.8 Å². The third-order valence-electron chi connectivity index (χ3n) is 2.85. The van der Waals surface area contributed by atoms with Gasteiger partial charge in [0.25, 0.3) is 0 Å². The Kier molecular flexibility index (Phi) is 6.50. The largest absolute Gasteiger partial charge is 0.338 e. The Morgan fingerprint density at radius 2 is 1.74 bits per heavy atom. The summed E-state index contributed by atoms with van der Waals surface area (Å²) >= 11 is 0. The zero-order valence-electron chi connectivity index (χ0n) is 12.0. The van der Waals surface area contributed by atoms with Crippen molar-refractivity contribution in [1.29, 1.82) is 0 Å². The minimum Gasteiger partial charge on any atom is -0.308 e. The Bertz CT molecular complexity index is 429. The minimum atomic E-state index is -3.15. The van der Waals surface area contributed by atoms with Crippen molar-refractivity contribution in [3.63, 3.8) is 0 Å². The molecule has 0 amide bonds. The lowest BCUT2D eigenvalue weighted by atomic mass is 10.1. The highest BCUT2D eigenvalue weighted by Crippen LogP contribution is 2.62. The van der Waals surface area contributed by atoms with Crippen LogP contribution < -0.4 is 0 Å². The van der Waals surface area contributed by atoms with Gasteiger partial charge in [-0.3, -0.25) is 4.57 Å². The third-order valence-corrected chi connectivity index (χ3v) is 5.36. The van der Waals surface area contributed by atoms with Crippen LogP contribution in [0.15, 0.2) is 36.9 Å². The van der Waals surface area contributed by atoms with Crippen LogP contribution in [-0.4, -0.2) is 13.2 Å². The van der Waals surface area contributed by atoms with Crippen molar-refractivity contribution in [2.45, 2.75) is 32.9 Å². The molecule has 1 aromatic carbocycles. The van der Waals surface area contributed by atoms with E-state index in [1.807, 2.05) is 45.0 Å². The molecule has 0 N–H and O–H groups in total. The van der Waals surface area contributed by atoms with Gasteiger partial charge in [0.2, 0.25) is 0 Å². The molecule has 0 heterocycles. The molecular weight excluding hydrogens is 259 g/mol. The van der Waals surface area contributed by atoms with Crippen molar-refractivity contribution >= 4 is 7.60 Å². The molecule has 106 valence electrons. The summed E-state index contributed by atoms with van der Waals surface area (Å²) < 4.78 is 23.8. The molecule has 0 aliphatic heterocycles. The predicted molar refractivity (Wildman–Crippen MR) is 79.6 cm³/mol. The van der Waals surface area contributed by atoms with Crippen LogP contribution in [-0.2, 0) is 13.6 Å². The second kappa shape index (κ2) is 7.64. The monoisotopic (exact) mass is 282 g/mol. The second-order valence-electron chi connectivity index (χ2n) is 4.33. The lowest BCUT2D eigenvalue weighted by molar-refractivity contribution is 0.212. The number of allylic oxidation sites excluding steroid dienone is 1. The maximum absolute atomic E-state index is 12.9. The maximum Gasteiger partial charge on any atom is 0.338 e. The number of hydrogen-bond acceptors (Lipinski definition) is 3. The molecule has 0 saturated heterocycles. The van der Waals surface area contributed by atoms with E-state index in [0.29, 0.717) is 19.6 Å². The van der Waals surface area contributed by atoms with Gasteiger partial charge in [-0.15, -0.1) is 6.58 Å². The Morgan fingerprint density at radius 3 is 2.16 bits per heavy atom. The van der Waals surface area contributed by atoms with Crippen molar-refractivity contribution in [1.82, 2.24) is 0 Å². The number of hydrogen-bond donors (Lipinski definition) is 0. The van der Waals surface area contributed by atoms with E-state index in [4.69, 9.17) is 9.05 Å². The number of benzene rings is 1. The molecule has 1 aromatic rings. The molecule has 0 radical (unpaired) electrons. The van der Waals surface area contributed by atoms with E-state index in [9.17, 15) is 4.57 Å². The first-order valence-electron chi connectivity index (χ1n) is 6.63. The molecule has 1 rings (SSSR count). The van der Waals surface area contributed by atoms with Crippen molar-refractivity contribution in [3.05, 3.63) is 48.0 Å². The minimum absolute atomic E-state index is 0.287. The zero-order valence-corrected chi connectivity index (χ0v) is 12.9. The average molecular weight is 282 g/mol. The Labute approximate surface area is 116 Å². The summed E-state index contributed by atoms with van der Waals surface area (Å²) in [7, 11) is -3.15. The number of aryl methyl sites for hydroxylation is 1. The van der Waals surface area contributed by atoms with Crippen LogP contribution in [0.1, 0.15) is 37.1 Å². The van der Waals surface area contributed by atoms with E-state index in [1.165, 1.54) is 5.56 Å². The molecule has 0 aliphatic carbocycles. The first kappa shape index (κ1) is 16.2. The first-order valence-corrected chi connectivity index (χ1v) is 8.24. The van der Waals surface area contributed by atoms with Crippen LogP contribution in [0.25, 0.3) is 0 Å². The van der Waals surface area contributed by atoms with Crippen LogP contribution in [0.2, 0.25) is 0 Å². The summed E-state index contributed by atoms with van der Waals surface area (Å²) in [4.78, 5) is 0. The van der Waals surface area contributed by atoms with Gasteiger partial charge in [0, 0.05) is 0 Å². The molecule has 1 unspecified atom stereocenters. The molecule has 0 saturated carbocycles. The zero-order chi connectivity index (χ0) is 14.3. The quantitative estimate of drug-likeness (QED) is 0.503. The molecular formula is C15H23O3P. The topological polar surface area (TPSA) is 35.5 Å². The fraction of sp³-hybridized carbons (Fsp3) is 0.467. The van der Waals surface area contributed by atoms with Crippen molar-refractivity contribution < 1.29 is 13.6 Å². The molecule has 0 spiro atoms. The molecule has 0 bridgehead atoms. The van der Waals surface area contributed by atoms with Crippen LogP contribution in [0.5, 0.6) is 0 Å². The van der Waals surface area contributed by atoms with Crippen molar-refractivity contribution in [2.75, 3.05) is 13.2 Å². The van der Waals surface area contributed by atoms with Crippen LogP contribution >= 0.6 is 7.60 Å². The summed E-state index contributed by atoms with van der Waals surface area (Å²) in [6.45, 7) is 10.2. The molecule has 1 atom stereocenters. The van der Waals surface area contributed by atoms with E-state index in [2.05, 4.69) is 6.58 Å². The smallest absolute Gasteiger partial charge is 0.308 e. The van der Waals surface area contributed by atoms with Gasteiger partial charge in [0.1, 0.15) is 0 Å². The second-order valence-corrected chi connectivity index (χ2v) is 6.55. The van der Waals surface area contributed by atoms with E-state index in [0.717, 1.165) is 5.56 Å². The van der Waals surface area contributed by atoms with Gasteiger partial charge < -0.3 is 9.05 Å². The number of rotatable bonds is 8. The van der Waals surface area contributed by atoms with Crippen LogP contribution in [0.3, 0.4) is 0 Å². The molecule has 19 heavy (non-hydrogen) atoms. The highest BCUT2D eigenvalue weighted by molar-refractivity contribution is 7.54. The Morgan fingerprint density at radius 1 is 1.21 bits per heavy atom. The average Bonchev–Trinajstić information content (AvgIpc) is 2.38. The van der Waals surface area contributed by atoms with Gasteiger partial charge in [-0.1, -0.05) is 35.9 Å². The van der Waals surface area contributed by atoms with Crippen LogP contribution in [0, 0.1) is 6.92 Å². The van der Waals surface area contributed by atoms with Crippen molar-refractivity contribution in [3.8, 4) is 0 Å². The summed E-state index contributed by atoms with van der Waals surface area (Å²) in [5.74, 6) is 0. The van der Waals surface area contributed by atoms with E-state index in [-0.39, 0.29) is 5.66 Å². The SMILES string of the molecule is C=CCC(c1ccc(C)cc1)P(=O)(OCC)OCC. The summed E-state index contributed by atoms with van der Waals surface area (Å²) in [5, 5.41) is 0. The summed E-state index contributed by atoms with van der Waals surface area (Å²) in [5.41, 5.74) is 1.85. The first-order chi connectivity index (χ1) is 9.07. The standard InChI is InChI=1S/C15H23O3P/c1-5-8-15(14-11-9-13(4)10-12-14)19(16,17-6-2)18-7-3/h5,9-12,15H,1,6-8H2,2-4H3. The Hall–Kier alpha value is -0.890. The summed E-state index contributed by atoms with van der Waals surface area (Å²) in [6, 6.07) is 7.98. The summed E-state index contributed by atoms with van der Waals surface area (Å²) in [6.07, 6.45) is 2.33. The fourth-order valence-electron chi connectivity index (χ4n) is 1.97. The molecule has 0 aliphatic rings. The highest BCUT2D eigenvalue weighted by atomic mass is 31.2. The van der Waals surface area contributed by atoms with Gasteiger partial charge >= 0.3 is 7.60 Å². The van der Waals surface area contributed by atoms with Gasteiger partial charge in [-0.2, -0.15) is 0 Å². The van der Waals surface area contributed by atoms with Gasteiger partial charge in [0.05, 0.1) is 18.9 Å². The predicted octanol–water partition coefficient (Wildman–Crippen LogP) is 4.88.